The summed E-state index contributed by atoms with van der Waals surface area (Å²) in [5.74, 6) is -0.979. The molecule has 2 aromatic carbocycles. The molecule has 4 nitrogen and oxygen atoms in total. The van der Waals surface area contributed by atoms with Gasteiger partial charge in [-0.1, -0.05) is 29.8 Å². The van der Waals surface area contributed by atoms with E-state index in [2.05, 4.69) is 10.6 Å². The second-order valence-corrected chi connectivity index (χ2v) is 7.38. The summed E-state index contributed by atoms with van der Waals surface area (Å²) in [5, 5.41) is 5.86. The summed E-state index contributed by atoms with van der Waals surface area (Å²) < 4.78 is 12.9. The van der Waals surface area contributed by atoms with Crippen LogP contribution in [0.4, 0.5) is 10.1 Å². The number of benzene rings is 2. The zero-order chi connectivity index (χ0) is 19.6. The fraction of sp³-hybridized carbons (Fsp3) is 0.364. The van der Waals surface area contributed by atoms with Gasteiger partial charge in [0.1, 0.15) is 5.82 Å². The Bertz CT molecular complexity index is 838. The van der Waals surface area contributed by atoms with Crippen LogP contribution in [0.15, 0.2) is 36.4 Å². The fourth-order valence-corrected chi connectivity index (χ4v) is 3.48. The Balaban J connectivity index is 1.48. The smallest absolute Gasteiger partial charge is 0.228 e. The molecule has 0 saturated heterocycles. The van der Waals surface area contributed by atoms with Gasteiger partial charge in [-0.05, 0) is 62.4 Å². The van der Waals surface area contributed by atoms with Crippen LogP contribution in [0.25, 0.3) is 0 Å². The molecule has 0 heterocycles. The van der Waals surface area contributed by atoms with Gasteiger partial charge in [0.05, 0.1) is 11.8 Å². The van der Waals surface area contributed by atoms with Crippen LogP contribution in [0.3, 0.4) is 0 Å². The van der Waals surface area contributed by atoms with Gasteiger partial charge < -0.3 is 10.6 Å². The molecule has 142 valence electrons. The van der Waals surface area contributed by atoms with E-state index in [9.17, 15) is 14.0 Å². The summed E-state index contributed by atoms with van der Waals surface area (Å²) >= 11 is 0. The molecule has 3 rings (SSSR count). The maximum Gasteiger partial charge on any atom is 0.228 e. The number of carbonyl (C=O) groups excluding carboxylic acids is 2. The molecule has 2 amide bonds. The van der Waals surface area contributed by atoms with Crippen LogP contribution in [-0.2, 0) is 16.0 Å². The molecule has 2 atom stereocenters. The zero-order valence-corrected chi connectivity index (χ0v) is 15.9. The normalized spacial score (nSPS) is 18.1. The molecule has 0 bridgehead atoms. The second kappa shape index (κ2) is 7.91. The molecule has 27 heavy (non-hydrogen) atoms. The van der Waals surface area contributed by atoms with Gasteiger partial charge in [-0.2, -0.15) is 0 Å². The fourth-order valence-electron chi connectivity index (χ4n) is 3.48. The standard InChI is InChI=1S/C22H25FN2O2/c1-13-10-14(2)20(15(3)11-13)25-22(27)19-12-18(19)21(26)24-9-8-16-4-6-17(23)7-5-16/h4-7,10-11,18-19H,8-9,12H2,1-3H3,(H,24,26)(H,25,27). The number of anilines is 1. The van der Waals surface area contributed by atoms with Crippen LogP contribution in [0.1, 0.15) is 28.7 Å². The lowest BCUT2D eigenvalue weighted by Gasteiger charge is -2.13. The second-order valence-electron chi connectivity index (χ2n) is 7.38. The van der Waals surface area contributed by atoms with Crippen molar-refractivity contribution in [1.82, 2.24) is 5.32 Å². The molecule has 0 radical (unpaired) electrons. The molecule has 5 heteroatoms. The molecule has 1 saturated carbocycles. The van der Waals surface area contributed by atoms with Crippen molar-refractivity contribution in [3.63, 3.8) is 0 Å². The number of nitrogens with one attached hydrogen (secondary N) is 2. The quantitative estimate of drug-likeness (QED) is 0.817. The maximum atomic E-state index is 12.9. The van der Waals surface area contributed by atoms with Crippen LogP contribution in [0.5, 0.6) is 0 Å². The third-order valence-corrected chi connectivity index (χ3v) is 5.02. The van der Waals surface area contributed by atoms with Crippen LogP contribution >= 0.6 is 0 Å². The highest BCUT2D eigenvalue weighted by atomic mass is 19.1. The molecule has 1 aliphatic carbocycles. The molecular formula is C22H25FN2O2. The number of hydrogen-bond acceptors (Lipinski definition) is 2. The lowest BCUT2D eigenvalue weighted by molar-refractivity contribution is -0.125. The summed E-state index contributed by atoms with van der Waals surface area (Å²) in [4.78, 5) is 24.7. The van der Waals surface area contributed by atoms with Crippen LogP contribution < -0.4 is 10.6 Å². The van der Waals surface area contributed by atoms with Crippen molar-refractivity contribution in [3.05, 3.63) is 64.5 Å². The predicted octanol–water partition coefficient (Wildman–Crippen LogP) is 3.68. The van der Waals surface area contributed by atoms with Gasteiger partial charge in [-0.25, -0.2) is 4.39 Å². The number of aryl methyl sites for hydroxylation is 3. The minimum absolute atomic E-state index is 0.0883. The highest BCUT2D eigenvalue weighted by Crippen LogP contribution is 2.40. The largest absolute Gasteiger partial charge is 0.356 e. The number of rotatable bonds is 6. The minimum atomic E-state index is -0.270. The first-order valence-electron chi connectivity index (χ1n) is 9.26. The zero-order valence-electron chi connectivity index (χ0n) is 15.9. The number of hydrogen-bond donors (Lipinski definition) is 2. The average Bonchev–Trinajstić information content (AvgIpc) is 3.40. The van der Waals surface area contributed by atoms with Gasteiger partial charge >= 0.3 is 0 Å². The first kappa shape index (κ1) is 19.1. The van der Waals surface area contributed by atoms with E-state index in [-0.39, 0.29) is 29.5 Å². The lowest BCUT2D eigenvalue weighted by Crippen LogP contribution is -2.29. The number of carbonyl (C=O) groups is 2. The molecule has 0 spiro atoms. The number of amides is 2. The Kier molecular flexibility index (Phi) is 5.59. The van der Waals surface area contributed by atoms with Crippen molar-refractivity contribution in [2.24, 2.45) is 11.8 Å². The average molecular weight is 368 g/mol. The Labute approximate surface area is 159 Å². The van der Waals surface area contributed by atoms with Crippen LogP contribution in [-0.4, -0.2) is 18.4 Å². The highest BCUT2D eigenvalue weighted by Gasteiger charge is 2.48. The van der Waals surface area contributed by atoms with E-state index in [4.69, 9.17) is 0 Å². The molecule has 0 aromatic heterocycles. The SMILES string of the molecule is Cc1cc(C)c(NC(=O)C2CC2C(=O)NCCc2ccc(F)cc2)c(C)c1. The molecule has 2 N–H and O–H groups in total. The third-order valence-electron chi connectivity index (χ3n) is 5.02. The summed E-state index contributed by atoms with van der Waals surface area (Å²) in [7, 11) is 0. The van der Waals surface area contributed by atoms with Crippen molar-refractivity contribution < 1.29 is 14.0 Å². The summed E-state index contributed by atoms with van der Waals surface area (Å²) in [6, 6.07) is 10.3. The Morgan fingerprint density at radius 3 is 2.22 bits per heavy atom. The van der Waals surface area contributed by atoms with E-state index < -0.39 is 0 Å². The third kappa shape index (κ3) is 4.73. The summed E-state index contributed by atoms with van der Waals surface area (Å²) in [6.45, 7) is 6.45. The monoisotopic (exact) mass is 368 g/mol. The predicted molar refractivity (Wildman–Crippen MR) is 104 cm³/mol. The van der Waals surface area contributed by atoms with Gasteiger partial charge in [-0.15, -0.1) is 0 Å². The van der Waals surface area contributed by atoms with E-state index in [1.807, 2.05) is 32.9 Å². The van der Waals surface area contributed by atoms with Gasteiger partial charge in [0.2, 0.25) is 11.8 Å². The van der Waals surface area contributed by atoms with Crippen LogP contribution in [0.2, 0.25) is 0 Å². The van der Waals surface area contributed by atoms with E-state index in [1.165, 1.54) is 12.1 Å². The summed E-state index contributed by atoms with van der Waals surface area (Å²) in [5.41, 5.74) is 5.02. The van der Waals surface area contributed by atoms with E-state index >= 15 is 0 Å². The van der Waals surface area contributed by atoms with Crippen molar-refractivity contribution in [2.45, 2.75) is 33.6 Å². The van der Waals surface area contributed by atoms with E-state index in [0.29, 0.717) is 19.4 Å². The van der Waals surface area contributed by atoms with Crippen molar-refractivity contribution in [1.29, 1.82) is 0 Å². The number of halogens is 1. The lowest BCUT2D eigenvalue weighted by atomic mass is 10.0. The maximum absolute atomic E-state index is 12.9. The minimum Gasteiger partial charge on any atom is -0.356 e. The molecular weight excluding hydrogens is 343 g/mol. The Morgan fingerprint density at radius 1 is 1.00 bits per heavy atom. The van der Waals surface area contributed by atoms with E-state index in [1.54, 1.807) is 12.1 Å². The van der Waals surface area contributed by atoms with Crippen LogP contribution in [0, 0.1) is 38.4 Å². The summed E-state index contributed by atoms with van der Waals surface area (Å²) in [6.07, 6.45) is 1.22. The van der Waals surface area contributed by atoms with E-state index in [0.717, 1.165) is 27.9 Å². The van der Waals surface area contributed by atoms with Gasteiger partial charge in [0.25, 0.3) is 0 Å². The molecule has 2 unspecified atom stereocenters. The molecule has 1 aliphatic rings. The molecule has 0 aliphatic heterocycles. The Hall–Kier alpha value is -2.69. The Morgan fingerprint density at radius 2 is 1.59 bits per heavy atom. The molecule has 1 fully saturated rings. The van der Waals surface area contributed by atoms with Crippen molar-refractivity contribution in [3.8, 4) is 0 Å². The van der Waals surface area contributed by atoms with Crippen molar-refractivity contribution >= 4 is 17.5 Å². The van der Waals surface area contributed by atoms with Gasteiger partial charge in [-0.3, -0.25) is 9.59 Å². The molecule has 2 aromatic rings. The highest BCUT2D eigenvalue weighted by molar-refractivity contribution is 6.00. The van der Waals surface area contributed by atoms with Crippen molar-refractivity contribution in [2.75, 3.05) is 11.9 Å². The van der Waals surface area contributed by atoms with Gasteiger partial charge in [0.15, 0.2) is 0 Å². The topological polar surface area (TPSA) is 58.2 Å². The van der Waals surface area contributed by atoms with Gasteiger partial charge in [0, 0.05) is 12.2 Å². The first-order valence-corrected chi connectivity index (χ1v) is 9.26. The first-order chi connectivity index (χ1) is 12.8.